The fourth-order valence-electron chi connectivity index (χ4n) is 2.65. The average molecular weight is 265 g/mol. The zero-order chi connectivity index (χ0) is 13.7. The zero-order valence-electron chi connectivity index (χ0n) is 11.7. The first-order valence-corrected chi connectivity index (χ1v) is 7.09. The van der Waals surface area contributed by atoms with E-state index in [1.165, 1.54) is 12.0 Å². The van der Waals surface area contributed by atoms with Crippen LogP contribution < -0.4 is 5.73 Å². The Hall–Kier alpha value is -0.970. The summed E-state index contributed by atoms with van der Waals surface area (Å²) in [6, 6.07) is 5.42. The van der Waals surface area contributed by atoms with E-state index in [4.69, 9.17) is 5.73 Å². The number of hydrogen-bond donors (Lipinski definition) is 1. The van der Waals surface area contributed by atoms with Gasteiger partial charge in [0, 0.05) is 32.7 Å². The third-order valence-corrected chi connectivity index (χ3v) is 3.76. The molecule has 0 atom stereocenters. The topological polar surface area (TPSA) is 32.5 Å². The first-order valence-electron chi connectivity index (χ1n) is 7.09. The number of nitrogens with zero attached hydrogens (tertiary/aromatic N) is 2. The van der Waals surface area contributed by atoms with Crippen molar-refractivity contribution < 1.29 is 4.39 Å². The molecule has 1 fully saturated rings. The summed E-state index contributed by atoms with van der Waals surface area (Å²) in [5.74, 6) is -0.117. The second-order valence-corrected chi connectivity index (χ2v) is 5.34. The van der Waals surface area contributed by atoms with Gasteiger partial charge in [0.15, 0.2) is 0 Å². The van der Waals surface area contributed by atoms with Gasteiger partial charge in [-0.1, -0.05) is 12.1 Å². The maximum atomic E-state index is 13.2. The molecule has 4 heteroatoms. The first-order chi connectivity index (χ1) is 9.19. The molecule has 1 aliphatic heterocycles. The van der Waals surface area contributed by atoms with Crippen LogP contribution in [0.1, 0.15) is 17.5 Å². The Morgan fingerprint density at radius 3 is 2.63 bits per heavy atom. The third-order valence-electron chi connectivity index (χ3n) is 3.76. The van der Waals surface area contributed by atoms with Gasteiger partial charge in [-0.3, -0.25) is 4.90 Å². The Labute approximate surface area is 115 Å². The summed E-state index contributed by atoms with van der Waals surface area (Å²) in [4.78, 5) is 4.87. The summed E-state index contributed by atoms with van der Waals surface area (Å²) in [6.45, 7) is 8.85. The SMILES string of the molecule is Cc1cc(CN2CCCN(CCN)CC2)ccc1F. The van der Waals surface area contributed by atoms with Crippen LogP contribution in [-0.2, 0) is 6.54 Å². The van der Waals surface area contributed by atoms with Crippen LogP contribution in [0.15, 0.2) is 18.2 Å². The summed E-state index contributed by atoms with van der Waals surface area (Å²) >= 11 is 0. The molecule has 0 saturated carbocycles. The minimum absolute atomic E-state index is 0.117. The molecule has 1 heterocycles. The average Bonchev–Trinajstić information content (AvgIpc) is 2.60. The molecular formula is C15H24FN3. The van der Waals surface area contributed by atoms with E-state index in [9.17, 15) is 4.39 Å². The zero-order valence-corrected chi connectivity index (χ0v) is 11.7. The van der Waals surface area contributed by atoms with Crippen LogP contribution in [-0.4, -0.2) is 49.1 Å². The van der Waals surface area contributed by atoms with Crippen molar-refractivity contribution in [1.82, 2.24) is 9.80 Å². The number of rotatable bonds is 4. The van der Waals surface area contributed by atoms with Crippen molar-refractivity contribution in [3.05, 3.63) is 35.1 Å². The fraction of sp³-hybridized carbons (Fsp3) is 0.600. The van der Waals surface area contributed by atoms with Crippen LogP contribution in [0.5, 0.6) is 0 Å². The van der Waals surface area contributed by atoms with Crippen LogP contribution in [0.25, 0.3) is 0 Å². The van der Waals surface area contributed by atoms with E-state index >= 15 is 0 Å². The summed E-state index contributed by atoms with van der Waals surface area (Å²) in [6.07, 6.45) is 1.18. The van der Waals surface area contributed by atoms with Crippen molar-refractivity contribution in [2.45, 2.75) is 19.9 Å². The Balaban J connectivity index is 1.90. The van der Waals surface area contributed by atoms with E-state index in [1.54, 1.807) is 6.07 Å². The monoisotopic (exact) mass is 265 g/mol. The summed E-state index contributed by atoms with van der Waals surface area (Å²) in [5.41, 5.74) is 7.54. The van der Waals surface area contributed by atoms with Gasteiger partial charge < -0.3 is 10.6 Å². The van der Waals surface area contributed by atoms with Gasteiger partial charge in [0.1, 0.15) is 5.82 Å². The molecule has 1 aromatic rings. The quantitative estimate of drug-likeness (QED) is 0.897. The number of nitrogens with two attached hydrogens (primary N) is 1. The number of benzene rings is 1. The van der Waals surface area contributed by atoms with Crippen LogP contribution in [0, 0.1) is 12.7 Å². The van der Waals surface area contributed by atoms with Gasteiger partial charge >= 0.3 is 0 Å². The molecule has 0 bridgehead atoms. The van der Waals surface area contributed by atoms with Gasteiger partial charge in [-0.05, 0) is 43.6 Å². The highest BCUT2D eigenvalue weighted by Gasteiger charge is 2.14. The minimum atomic E-state index is -0.117. The molecule has 0 unspecified atom stereocenters. The Morgan fingerprint density at radius 1 is 1.16 bits per heavy atom. The lowest BCUT2D eigenvalue weighted by atomic mass is 10.1. The highest BCUT2D eigenvalue weighted by Crippen LogP contribution is 2.13. The van der Waals surface area contributed by atoms with Gasteiger partial charge in [-0.15, -0.1) is 0 Å². The molecule has 19 heavy (non-hydrogen) atoms. The van der Waals surface area contributed by atoms with Crippen LogP contribution in [0.2, 0.25) is 0 Å². The molecule has 3 nitrogen and oxygen atoms in total. The maximum Gasteiger partial charge on any atom is 0.126 e. The first kappa shape index (κ1) is 14.4. The van der Waals surface area contributed by atoms with Crippen LogP contribution in [0.4, 0.5) is 4.39 Å². The lowest BCUT2D eigenvalue weighted by Crippen LogP contribution is -2.33. The molecule has 0 aliphatic carbocycles. The normalized spacial score (nSPS) is 18.5. The Kier molecular flexibility index (Phi) is 5.31. The molecule has 0 aromatic heterocycles. The van der Waals surface area contributed by atoms with Gasteiger partial charge in [-0.2, -0.15) is 0 Å². The molecule has 2 rings (SSSR count). The van der Waals surface area contributed by atoms with Gasteiger partial charge in [0.25, 0.3) is 0 Å². The number of hydrogen-bond acceptors (Lipinski definition) is 3. The molecule has 0 radical (unpaired) electrons. The Bertz CT molecular complexity index is 408. The molecule has 106 valence electrons. The van der Waals surface area contributed by atoms with Crippen molar-refractivity contribution in [2.24, 2.45) is 5.73 Å². The summed E-state index contributed by atoms with van der Waals surface area (Å²) < 4.78 is 13.2. The molecule has 1 saturated heterocycles. The van der Waals surface area contributed by atoms with E-state index in [0.717, 1.165) is 51.4 Å². The standard InChI is InChI=1S/C15H24FN3/c1-13-11-14(3-4-15(13)16)12-19-7-2-6-18(8-5-17)9-10-19/h3-4,11H,2,5-10,12,17H2,1H3. The maximum absolute atomic E-state index is 13.2. The van der Waals surface area contributed by atoms with Crippen LogP contribution >= 0.6 is 0 Å². The molecule has 0 amide bonds. The van der Waals surface area contributed by atoms with Crippen molar-refractivity contribution in [3.8, 4) is 0 Å². The lowest BCUT2D eigenvalue weighted by Gasteiger charge is -2.21. The van der Waals surface area contributed by atoms with Crippen molar-refractivity contribution in [1.29, 1.82) is 0 Å². The number of aryl methyl sites for hydroxylation is 1. The number of halogens is 1. The Morgan fingerprint density at radius 2 is 1.89 bits per heavy atom. The van der Waals surface area contributed by atoms with E-state index < -0.39 is 0 Å². The third kappa shape index (κ3) is 4.27. The van der Waals surface area contributed by atoms with E-state index in [2.05, 4.69) is 9.80 Å². The fourth-order valence-corrected chi connectivity index (χ4v) is 2.65. The van der Waals surface area contributed by atoms with Crippen molar-refractivity contribution >= 4 is 0 Å². The second kappa shape index (κ2) is 6.98. The summed E-state index contributed by atoms with van der Waals surface area (Å²) in [5, 5.41) is 0. The van der Waals surface area contributed by atoms with Crippen molar-refractivity contribution in [2.75, 3.05) is 39.3 Å². The van der Waals surface area contributed by atoms with E-state index in [1.807, 2.05) is 19.1 Å². The molecule has 1 aromatic carbocycles. The predicted octanol–water partition coefficient (Wildman–Crippen LogP) is 1.60. The smallest absolute Gasteiger partial charge is 0.126 e. The second-order valence-electron chi connectivity index (χ2n) is 5.34. The van der Waals surface area contributed by atoms with Gasteiger partial charge in [0.2, 0.25) is 0 Å². The minimum Gasteiger partial charge on any atom is -0.329 e. The van der Waals surface area contributed by atoms with E-state index in [-0.39, 0.29) is 5.82 Å². The highest BCUT2D eigenvalue weighted by atomic mass is 19.1. The molecule has 0 spiro atoms. The summed E-state index contributed by atoms with van der Waals surface area (Å²) in [7, 11) is 0. The molecule has 2 N–H and O–H groups in total. The van der Waals surface area contributed by atoms with Gasteiger partial charge in [0.05, 0.1) is 0 Å². The molecule has 1 aliphatic rings. The van der Waals surface area contributed by atoms with Crippen LogP contribution in [0.3, 0.4) is 0 Å². The lowest BCUT2D eigenvalue weighted by molar-refractivity contribution is 0.255. The van der Waals surface area contributed by atoms with E-state index in [0.29, 0.717) is 0 Å². The largest absolute Gasteiger partial charge is 0.329 e. The highest BCUT2D eigenvalue weighted by molar-refractivity contribution is 5.23. The molecular weight excluding hydrogens is 241 g/mol. The van der Waals surface area contributed by atoms with Crippen molar-refractivity contribution in [3.63, 3.8) is 0 Å². The predicted molar refractivity (Wildman–Crippen MR) is 76.5 cm³/mol. The van der Waals surface area contributed by atoms with Gasteiger partial charge in [-0.25, -0.2) is 4.39 Å².